The van der Waals surface area contributed by atoms with Crippen LogP contribution in [0.1, 0.15) is 30.0 Å². The van der Waals surface area contributed by atoms with Gasteiger partial charge in [-0.25, -0.2) is 23.9 Å². The van der Waals surface area contributed by atoms with Gasteiger partial charge in [-0.15, -0.1) is 11.3 Å². The van der Waals surface area contributed by atoms with Crippen LogP contribution < -0.4 is 0 Å². The van der Waals surface area contributed by atoms with Gasteiger partial charge >= 0.3 is 12.1 Å². The van der Waals surface area contributed by atoms with Gasteiger partial charge in [-0.1, -0.05) is 22.0 Å². The minimum absolute atomic E-state index is 0.135. The number of cyclic esters (lactones) is 1. The Kier molecular flexibility index (Phi) is 5.46. The monoisotopic (exact) mass is 479 g/mol. The van der Waals surface area contributed by atoms with Crippen molar-refractivity contribution in [2.45, 2.75) is 19.4 Å². The molecule has 1 aromatic carbocycles. The number of nitrogens with zero attached hydrogens (tertiary/aromatic N) is 3. The van der Waals surface area contributed by atoms with Gasteiger partial charge in [-0.05, 0) is 24.6 Å². The van der Waals surface area contributed by atoms with Crippen molar-refractivity contribution >= 4 is 45.2 Å². The third kappa shape index (κ3) is 3.58. The number of amidine groups is 1. The molecule has 1 aromatic heterocycles. The number of halogens is 2. The molecule has 0 radical (unpaired) electrons. The molecular formula is C19H15BrFN3O4S. The zero-order chi connectivity index (χ0) is 20.5. The van der Waals surface area contributed by atoms with Gasteiger partial charge in [0.2, 0.25) is 0 Å². The van der Waals surface area contributed by atoms with Crippen molar-refractivity contribution in [3.8, 4) is 0 Å². The van der Waals surface area contributed by atoms with E-state index in [4.69, 9.17) is 9.47 Å². The summed E-state index contributed by atoms with van der Waals surface area (Å²) in [6.07, 6.45) is 1.29. The number of carbonyl (C=O) groups is 2. The Morgan fingerprint density at radius 2 is 2.31 bits per heavy atom. The van der Waals surface area contributed by atoms with E-state index in [1.165, 1.54) is 28.4 Å². The van der Waals surface area contributed by atoms with Crippen molar-refractivity contribution in [2.75, 3.05) is 13.2 Å². The number of benzene rings is 1. The van der Waals surface area contributed by atoms with Crippen LogP contribution in [0.5, 0.6) is 0 Å². The molecule has 3 heterocycles. The molecule has 29 heavy (non-hydrogen) atoms. The number of hydrogen-bond acceptors (Lipinski definition) is 7. The average Bonchev–Trinajstić information content (AvgIpc) is 3.22. The summed E-state index contributed by atoms with van der Waals surface area (Å²) in [7, 11) is 0. The van der Waals surface area contributed by atoms with Crippen molar-refractivity contribution in [1.29, 1.82) is 0 Å². The SMILES string of the molecule is CCOC(=O)C1=C2CCOC(=O)N2C(c2nccs2)=NC1c1ccc(F)cc1Br. The van der Waals surface area contributed by atoms with Crippen LogP contribution >= 0.6 is 27.3 Å². The van der Waals surface area contributed by atoms with Gasteiger partial charge in [0, 0.05) is 28.2 Å². The number of carbonyl (C=O) groups excluding carboxylic acids is 2. The molecule has 7 nitrogen and oxygen atoms in total. The second-order valence-electron chi connectivity index (χ2n) is 6.14. The van der Waals surface area contributed by atoms with E-state index in [1.54, 1.807) is 24.6 Å². The molecule has 2 aromatic rings. The lowest BCUT2D eigenvalue weighted by Crippen LogP contribution is -2.45. The molecular weight excluding hydrogens is 465 g/mol. The molecule has 1 atom stereocenters. The Labute approximate surface area is 178 Å². The molecule has 1 saturated heterocycles. The molecule has 150 valence electrons. The number of rotatable bonds is 4. The summed E-state index contributed by atoms with van der Waals surface area (Å²) in [4.78, 5) is 35.7. The Balaban J connectivity index is 1.95. The van der Waals surface area contributed by atoms with Crippen LogP contribution in [-0.2, 0) is 14.3 Å². The second kappa shape index (κ2) is 8.03. The third-order valence-corrected chi connectivity index (χ3v) is 5.90. The molecule has 4 rings (SSSR count). The van der Waals surface area contributed by atoms with E-state index < -0.39 is 23.9 Å². The van der Waals surface area contributed by atoms with E-state index in [1.807, 2.05) is 0 Å². The number of esters is 1. The van der Waals surface area contributed by atoms with Gasteiger partial charge in [0.25, 0.3) is 0 Å². The molecule has 0 N–H and O–H groups in total. The lowest BCUT2D eigenvalue weighted by atomic mass is 9.93. The topological polar surface area (TPSA) is 81.1 Å². The maximum atomic E-state index is 13.7. The van der Waals surface area contributed by atoms with Crippen molar-refractivity contribution in [3.63, 3.8) is 0 Å². The number of ether oxygens (including phenoxy) is 2. The second-order valence-corrected chi connectivity index (χ2v) is 7.89. The van der Waals surface area contributed by atoms with Crippen molar-refractivity contribution in [3.05, 3.63) is 61.9 Å². The maximum absolute atomic E-state index is 13.7. The quantitative estimate of drug-likeness (QED) is 0.613. The fourth-order valence-corrected chi connectivity index (χ4v) is 4.45. The highest BCUT2D eigenvalue weighted by Crippen LogP contribution is 2.41. The summed E-state index contributed by atoms with van der Waals surface area (Å²) in [5.74, 6) is -0.715. The highest BCUT2D eigenvalue weighted by molar-refractivity contribution is 9.10. The average molecular weight is 480 g/mol. The molecule has 2 aliphatic rings. The first-order valence-corrected chi connectivity index (χ1v) is 10.5. The van der Waals surface area contributed by atoms with Gasteiger partial charge < -0.3 is 9.47 Å². The first kappa shape index (κ1) is 19.7. The number of thiazole rings is 1. The summed E-state index contributed by atoms with van der Waals surface area (Å²) in [6.45, 7) is 2.00. The number of hydrogen-bond donors (Lipinski definition) is 0. The van der Waals surface area contributed by atoms with Gasteiger partial charge in [0.05, 0.1) is 18.8 Å². The number of fused-ring (bicyclic) bond motifs is 1. The van der Waals surface area contributed by atoms with Crippen LogP contribution in [0.3, 0.4) is 0 Å². The van der Waals surface area contributed by atoms with Crippen LogP contribution in [0.4, 0.5) is 9.18 Å². The highest BCUT2D eigenvalue weighted by Gasteiger charge is 2.42. The zero-order valence-electron chi connectivity index (χ0n) is 15.2. The van der Waals surface area contributed by atoms with E-state index in [9.17, 15) is 14.0 Å². The molecule has 1 unspecified atom stereocenters. The van der Waals surface area contributed by atoms with E-state index in [2.05, 4.69) is 25.9 Å². The normalized spacial score (nSPS) is 18.9. The Bertz CT molecular complexity index is 1040. The number of amides is 1. The lowest BCUT2D eigenvalue weighted by Gasteiger charge is -2.36. The number of aromatic nitrogens is 1. The molecule has 1 fully saturated rings. The van der Waals surface area contributed by atoms with Gasteiger partial charge in [-0.3, -0.25) is 4.99 Å². The van der Waals surface area contributed by atoms with Gasteiger partial charge in [-0.2, -0.15) is 0 Å². The first-order chi connectivity index (χ1) is 14.0. The molecule has 0 aliphatic carbocycles. The predicted octanol–water partition coefficient (Wildman–Crippen LogP) is 4.21. The van der Waals surface area contributed by atoms with Crippen LogP contribution in [0, 0.1) is 5.82 Å². The first-order valence-electron chi connectivity index (χ1n) is 8.81. The van der Waals surface area contributed by atoms with E-state index in [0.717, 1.165) is 0 Å². The van der Waals surface area contributed by atoms with Crippen LogP contribution in [0.15, 0.2) is 50.5 Å². The molecule has 10 heteroatoms. The molecule has 0 saturated carbocycles. The molecule has 2 aliphatic heterocycles. The summed E-state index contributed by atoms with van der Waals surface area (Å²) in [5, 5.41) is 2.27. The van der Waals surface area contributed by atoms with E-state index in [0.29, 0.717) is 27.2 Å². The Morgan fingerprint density at radius 3 is 3.00 bits per heavy atom. The van der Waals surface area contributed by atoms with Crippen LogP contribution in [0.2, 0.25) is 0 Å². The van der Waals surface area contributed by atoms with Crippen molar-refractivity contribution in [1.82, 2.24) is 9.88 Å². The predicted molar refractivity (Wildman–Crippen MR) is 107 cm³/mol. The maximum Gasteiger partial charge on any atom is 0.420 e. The third-order valence-electron chi connectivity index (χ3n) is 4.44. The molecule has 0 bridgehead atoms. The summed E-state index contributed by atoms with van der Waals surface area (Å²) >= 11 is 4.67. The summed E-state index contributed by atoms with van der Waals surface area (Å²) < 4.78 is 24.6. The van der Waals surface area contributed by atoms with Gasteiger partial charge in [0.1, 0.15) is 11.9 Å². The fourth-order valence-electron chi connectivity index (χ4n) is 3.26. The summed E-state index contributed by atoms with van der Waals surface area (Å²) in [5.41, 5.74) is 1.27. The zero-order valence-corrected chi connectivity index (χ0v) is 17.6. The standard InChI is InChI=1S/C19H15BrFN3O4S/c1-2-27-18(25)14-13-5-7-28-19(26)24(13)16(17-22-6-8-29-17)23-15(14)11-4-3-10(21)9-12(11)20/h3-4,6,8-9,15H,2,5,7H2,1H3. The number of aliphatic imine (C=N–C) groups is 1. The fraction of sp³-hybridized carbons (Fsp3) is 0.263. The minimum atomic E-state index is -0.792. The van der Waals surface area contributed by atoms with Crippen LogP contribution in [-0.4, -0.2) is 41.0 Å². The largest absolute Gasteiger partial charge is 0.463 e. The van der Waals surface area contributed by atoms with E-state index >= 15 is 0 Å². The summed E-state index contributed by atoms with van der Waals surface area (Å²) in [6, 6.07) is 3.38. The van der Waals surface area contributed by atoms with Crippen molar-refractivity contribution < 1.29 is 23.5 Å². The molecule has 0 spiro atoms. The minimum Gasteiger partial charge on any atom is -0.463 e. The highest BCUT2D eigenvalue weighted by atomic mass is 79.9. The molecule has 1 amide bonds. The van der Waals surface area contributed by atoms with Crippen LogP contribution in [0.25, 0.3) is 0 Å². The van der Waals surface area contributed by atoms with Gasteiger partial charge in [0.15, 0.2) is 10.8 Å². The van der Waals surface area contributed by atoms with Crippen molar-refractivity contribution in [2.24, 2.45) is 4.99 Å². The Morgan fingerprint density at radius 1 is 1.48 bits per heavy atom. The Hall–Kier alpha value is -2.59. The smallest absolute Gasteiger partial charge is 0.420 e. The lowest BCUT2D eigenvalue weighted by molar-refractivity contribution is -0.139. The van der Waals surface area contributed by atoms with E-state index in [-0.39, 0.29) is 24.6 Å².